The van der Waals surface area contributed by atoms with E-state index in [-0.39, 0.29) is 29.9 Å². The predicted molar refractivity (Wildman–Crippen MR) is 114 cm³/mol. The highest BCUT2D eigenvalue weighted by molar-refractivity contribution is 14.0. The molecule has 7 nitrogen and oxygen atoms in total. The standard InChI is InChI=1S/C16H28N6OS.HI/c1-13-12-24-14(19-13)11-18-16(17-2)22-9-7-21(8-10-22)6-5-15(23)20(3)4;/h12H,5-11H2,1-4H3,(H,17,18);1H. The quantitative estimate of drug-likeness (QED) is 0.391. The molecular weight excluding hydrogens is 451 g/mol. The Morgan fingerprint density at radius 3 is 2.56 bits per heavy atom. The van der Waals surface area contributed by atoms with E-state index in [0.717, 1.165) is 49.4 Å². The molecule has 1 aromatic heterocycles. The summed E-state index contributed by atoms with van der Waals surface area (Å²) in [4.78, 5) is 26.8. The van der Waals surface area contributed by atoms with Gasteiger partial charge in [-0.05, 0) is 6.92 Å². The molecule has 0 spiro atoms. The molecule has 0 atom stereocenters. The topological polar surface area (TPSA) is 64.1 Å². The molecule has 142 valence electrons. The monoisotopic (exact) mass is 480 g/mol. The number of amides is 1. The second-order valence-electron chi connectivity index (χ2n) is 6.15. The third kappa shape index (κ3) is 7.06. The molecular formula is C16H29IN6OS. The van der Waals surface area contributed by atoms with Gasteiger partial charge in [0.15, 0.2) is 5.96 Å². The van der Waals surface area contributed by atoms with Crippen molar-refractivity contribution in [2.75, 3.05) is 53.9 Å². The first-order valence-electron chi connectivity index (χ1n) is 8.28. The molecule has 1 saturated heterocycles. The molecule has 0 radical (unpaired) electrons. The van der Waals surface area contributed by atoms with Crippen LogP contribution < -0.4 is 5.32 Å². The summed E-state index contributed by atoms with van der Waals surface area (Å²) in [6.07, 6.45) is 0.587. The van der Waals surface area contributed by atoms with Crippen molar-refractivity contribution >= 4 is 47.2 Å². The Bertz CT molecular complexity index is 569. The summed E-state index contributed by atoms with van der Waals surface area (Å²) in [5, 5.41) is 6.53. The molecule has 1 aliphatic heterocycles. The van der Waals surface area contributed by atoms with Crippen molar-refractivity contribution in [1.82, 2.24) is 25.0 Å². The predicted octanol–water partition coefficient (Wildman–Crippen LogP) is 1.24. The van der Waals surface area contributed by atoms with E-state index in [1.165, 1.54) is 0 Å². The molecule has 0 aliphatic carbocycles. The number of hydrogen-bond donors (Lipinski definition) is 1. The molecule has 1 N–H and O–H groups in total. The first-order valence-corrected chi connectivity index (χ1v) is 9.16. The molecule has 0 saturated carbocycles. The van der Waals surface area contributed by atoms with Crippen molar-refractivity contribution in [2.24, 2.45) is 4.99 Å². The van der Waals surface area contributed by atoms with Crippen LogP contribution in [0.15, 0.2) is 10.4 Å². The number of rotatable bonds is 5. The summed E-state index contributed by atoms with van der Waals surface area (Å²) in [5.41, 5.74) is 1.06. The van der Waals surface area contributed by atoms with Crippen LogP contribution in [-0.2, 0) is 11.3 Å². The normalized spacial score (nSPS) is 15.7. The van der Waals surface area contributed by atoms with Crippen molar-refractivity contribution in [2.45, 2.75) is 19.9 Å². The van der Waals surface area contributed by atoms with Gasteiger partial charge in [0.2, 0.25) is 5.91 Å². The Balaban J connectivity index is 0.00000312. The number of halogens is 1. The molecule has 0 aromatic carbocycles. The number of carbonyl (C=O) groups is 1. The third-order valence-electron chi connectivity index (χ3n) is 4.09. The number of nitrogens with zero attached hydrogens (tertiary/aromatic N) is 5. The zero-order valence-corrected chi connectivity index (χ0v) is 18.6. The fourth-order valence-corrected chi connectivity index (χ4v) is 3.34. The lowest BCUT2D eigenvalue weighted by molar-refractivity contribution is -0.129. The number of aromatic nitrogens is 1. The maximum Gasteiger partial charge on any atom is 0.223 e. The highest BCUT2D eigenvalue weighted by atomic mass is 127. The number of aryl methyl sites for hydroxylation is 1. The van der Waals surface area contributed by atoms with Gasteiger partial charge in [-0.15, -0.1) is 35.3 Å². The van der Waals surface area contributed by atoms with E-state index >= 15 is 0 Å². The highest BCUT2D eigenvalue weighted by Crippen LogP contribution is 2.09. The maximum atomic E-state index is 11.7. The van der Waals surface area contributed by atoms with E-state index in [4.69, 9.17) is 0 Å². The molecule has 0 bridgehead atoms. The summed E-state index contributed by atoms with van der Waals surface area (Å²) < 4.78 is 0. The van der Waals surface area contributed by atoms with Crippen LogP contribution in [0.2, 0.25) is 0 Å². The second kappa shape index (κ2) is 10.9. The average molecular weight is 480 g/mol. The number of guanidine groups is 1. The largest absolute Gasteiger partial charge is 0.350 e. The van der Waals surface area contributed by atoms with Crippen molar-refractivity contribution in [3.63, 3.8) is 0 Å². The molecule has 1 amide bonds. The van der Waals surface area contributed by atoms with Crippen LogP contribution in [0.1, 0.15) is 17.1 Å². The number of nitrogens with one attached hydrogen (secondary N) is 1. The van der Waals surface area contributed by atoms with E-state index in [2.05, 4.69) is 30.5 Å². The summed E-state index contributed by atoms with van der Waals surface area (Å²) in [6, 6.07) is 0. The molecule has 2 heterocycles. The van der Waals surface area contributed by atoms with E-state index in [1.807, 2.05) is 14.0 Å². The number of hydrogen-bond acceptors (Lipinski definition) is 5. The second-order valence-corrected chi connectivity index (χ2v) is 7.09. The van der Waals surface area contributed by atoms with E-state index in [1.54, 1.807) is 30.3 Å². The smallest absolute Gasteiger partial charge is 0.223 e. The Morgan fingerprint density at radius 2 is 2.04 bits per heavy atom. The lowest BCUT2D eigenvalue weighted by Gasteiger charge is -2.36. The van der Waals surface area contributed by atoms with Crippen LogP contribution in [-0.4, -0.2) is 85.4 Å². The minimum Gasteiger partial charge on any atom is -0.350 e. The van der Waals surface area contributed by atoms with Gasteiger partial charge in [-0.1, -0.05) is 0 Å². The number of carbonyl (C=O) groups excluding carboxylic acids is 1. The van der Waals surface area contributed by atoms with Crippen LogP contribution in [0, 0.1) is 6.92 Å². The fourth-order valence-electron chi connectivity index (χ4n) is 2.63. The summed E-state index contributed by atoms with van der Waals surface area (Å²) in [7, 11) is 5.43. The Morgan fingerprint density at radius 1 is 1.36 bits per heavy atom. The van der Waals surface area contributed by atoms with Gasteiger partial charge in [-0.2, -0.15) is 0 Å². The van der Waals surface area contributed by atoms with Gasteiger partial charge in [0.05, 0.1) is 6.54 Å². The highest BCUT2D eigenvalue weighted by Gasteiger charge is 2.20. The van der Waals surface area contributed by atoms with Crippen LogP contribution in [0.5, 0.6) is 0 Å². The van der Waals surface area contributed by atoms with Gasteiger partial charge < -0.3 is 15.1 Å². The first-order chi connectivity index (χ1) is 11.5. The van der Waals surface area contributed by atoms with Crippen molar-refractivity contribution in [1.29, 1.82) is 0 Å². The van der Waals surface area contributed by atoms with E-state index in [9.17, 15) is 4.79 Å². The molecule has 2 rings (SSSR count). The SMILES string of the molecule is CN=C(NCc1nc(C)cs1)N1CCN(CCC(=O)N(C)C)CC1.I. The van der Waals surface area contributed by atoms with Gasteiger partial charge in [0, 0.05) is 71.4 Å². The Kier molecular flexibility index (Phi) is 9.65. The zero-order valence-electron chi connectivity index (χ0n) is 15.5. The average Bonchev–Trinajstić information content (AvgIpc) is 2.99. The molecule has 25 heavy (non-hydrogen) atoms. The van der Waals surface area contributed by atoms with Gasteiger partial charge in [0.1, 0.15) is 5.01 Å². The van der Waals surface area contributed by atoms with Crippen molar-refractivity contribution in [3.05, 3.63) is 16.1 Å². The third-order valence-corrected chi connectivity index (χ3v) is 5.06. The Labute approximate surface area is 171 Å². The van der Waals surface area contributed by atoms with Crippen LogP contribution >= 0.6 is 35.3 Å². The Hall–Kier alpha value is -0.940. The van der Waals surface area contributed by atoms with Gasteiger partial charge >= 0.3 is 0 Å². The molecule has 1 aliphatic rings. The molecule has 9 heteroatoms. The first kappa shape index (κ1) is 22.1. The van der Waals surface area contributed by atoms with Gasteiger partial charge in [0.25, 0.3) is 0 Å². The lowest BCUT2D eigenvalue weighted by atomic mass is 10.3. The number of thiazole rings is 1. The summed E-state index contributed by atoms with van der Waals surface area (Å²) in [6.45, 7) is 7.31. The maximum absolute atomic E-state index is 11.7. The number of piperazine rings is 1. The summed E-state index contributed by atoms with van der Waals surface area (Å²) in [5.74, 6) is 1.11. The van der Waals surface area contributed by atoms with Gasteiger partial charge in [-0.3, -0.25) is 14.7 Å². The molecule has 0 unspecified atom stereocenters. The fraction of sp³-hybridized carbons (Fsp3) is 0.688. The molecule has 1 aromatic rings. The van der Waals surface area contributed by atoms with Crippen LogP contribution in [0.4, 0.5) is 0 Å². The minimum absolute atomic E-state index is 0. The molecule has 1 fully saturated rings. The van der Waals surface area contributed by atoms with Crippen molar-refractivity contribution in [3.8, 4) is 0 Å². The summed E-state index contributed by atoms with van der Waals surface area (Å²) >= 11 is 1.67. The number of aliphatic imine (C=N–C) groups is 1. The lowest BCUT2D eigenvalue weighted by Crippen LogP contribution is -2.52. The van der Waals surface area contributed by atoms with Crippen LogP contribution in [0.3, 0.4) is 0 Å². The zero-order chi connectivity index (χ0) is 17.5. The van der Waals surface area contributed by atoms with E-state index in [0.29, 0.717) is 13.0 Å². The van der Waals surface area contributed by atoms with Crippen LogP contribution in [0.25, 0.3) is 0 Å². The minimum atomic E-state index is 0. The van der Waals surface area contributed by atoms with Crippen molar-refractivity contribution < 1.29 is 4.79 Å². The van der Waals surface area contributed by atoms with E-state index < -0.39 is 0 Å². The van der Waals surface area contributed by atoms with Gasteiger partial charge in [-0.25, -0.2) is 4.98 Å².